The van der Waals surface area contributed by atoms with Gasteiger partial charge in [0.2, 0.25) is 0 Å². The number of hydrogen-bond donors (Lipinski definition) is 0. The highest BCUT2D eigenvalue weighted by Crippen LogP contribution is 2.17. The number of rotatable bonds is 2. The third kappa shape index (κ3) is 3.49. The second-order valence-corrected chi connectivity index (χ2v) is 2.58. The molecular formula is C6H15AlO. The standard InChI is InChI=1S/C6H12O.Al.3H/c1-5(2)3-6-4-7-6;;;;/h5-6H,3-4H2,1-2H3;;;;. The van der Waals surface area contributed by atoms with Gasteiger partial charge in [0.25, 0.3) is 0 Å². The van der Waals surface area contributed by atoms with Crippen LogP contribution in [-0.2, 0) is 4.74 Å². The van der Waals surface area contributed by atoms with Gasteiger partial charge in [-0.1, -0.05) is 13.8 Å². The summed E-state index contributed by atoms with van der Waals surface area (Å²) in [5.74, 6) is 0.812. The van der Waals surface area contributed by atoms with Gasteiger partial charge >= 0.3 is 0 Å². The molecule has 0 aromatic heterocycles. The molecule has 1 aliphatic rings. The molecule has 1 aliphatic heterocycles. The summed E-state index contributed by atoms with van der Waals surface area (Å²) in [7, 11) is 0. The molecule has 0 bridgehead atoms. The maximum Gasteiger partial charge on any atom is 0.187 e. The highest BCUT2D eigenvalue weighted by atomic mass is 27.0. The van der Waals surface area contributed by atoms with Gasteiger partial charge in [0.1, 0.15) is 0 Å². The summed E-state index contributed by atoms with van der Waals surface area (Å²) in [4.78, 5) is 0. The summed E-state index contributed by atoms with van der Waals surface area (Å²) in [6.07, 6.45) is 1.87. The van der Waals surface area contributed by atoms with Crippen LogP contribution in [0.3, 0.4) is 0 Å². The predicted molar refractivity (Wildman–Crippen MR) is 39.1 cm³/mol. The van der Waals surface area contributed by atoms with Crippen LogP contribution in [0.4, 0.5) is 0 Å². The molecule has 0 aromatic rings. The fourth-order valence-corrected chi connectivity index (χ4v) is 0.730. The highest BCUT2D eigenvalue weighted by molar-refractivity contribution is 5.75. The van der Waals surface area contributed by atoms with Crippen molar-refractivity contribution in [1.29, 1.82) is 0 Å². The van der Waals surface area contributed by atoms with E-state index in [1.165, 1.54) is 6.42 Å². The van der Waals surface area contributed by atoms with Gasteiger partial charge in [-0.3, -0.25) is 0 Å². The molecule has 1 unspecified atom stereocenters. The molecule has 48 valence electrons. The van der Waals surface area contributed by atoms with Crippen molar-refractivity contribution in [2.24, 2.45) is 5.92 Å². The van der Waals surface area contributed by atoms with Crippen LogP contribution >= 0.6 is 0 Å². The Morgan fingerprint density at radius 2 is 2.12 bits per heavy atom. The fourth-order valence-electron chi connectivity index (χ4n) is 0.730. The van der Waals surface area contributed by atoms with Crippen molar-refractivity contribution in [1.82, 2.24) is 0 Å². The molecule has 0 N–H and O–H groups in total. The Kier molecular flexibility index (Phi) is 3.72. The predicted octanol–water partition coefficient (Wildman–Crippen LogP) is 0.247. The lowest BCUT2D eigenvalue weighted by molar-refractivity contribution is 0.370. The van der Waals surface area contributed by atoms with Crippen molar-refractivity contribution in [3.8, 4) is 0 Å². The molecule has 1 fully saturated rings. The zero-order valence-corrected chi connectivity index (χ0v) is 4.98. The minimum atomic E-state index is 0. The summed E-state index contributed by atoms with van der Waals surface area (Å²) in [6, 6.07) is 0. The lowest BCUT2D eigenvalue weighted by atomic mass is 10.1. The lowest BCUT2D eigenvalue weighted by Crippen LogP contribution is -1.92. The van der Waals surface area contributed by atoms with E-state index in [0.29, 0.717) is 6.10 Å². The molecule has 0 radical (unpaired) electrons. The van der Waals surface area contributed by atoms with Crippen LogP contribution in [0, 0.1) is 5.92 Å². The zero-order chi connectivity index (χ0) is 5.28. The van der Waals surface area contributed by atoms with Gasteiger partial charge < -0.3 is 4.74 Å². The largest absolute Gasteiger partial charge is 0.373 e. The van der Waals surface area contributed by atoms with Crippen molar-refractivity contribution >= 4 is 17.4 Å². The van der Waals surface area contributed by atoms with Crippen molar-refractivity contribution in [3.05, 3.63) is 0 Å². The first-order valence-electron chi connectivity index (χ1n) is 2.90. The highest BCUT2D eigenvalue weighted by Gasteiger charge is 2.22. The Hall–Kier alpha value is 0.492. The summed E-state index contributed by atoms with van der Waals surface area (Å²) in [6.45, 7) is 5.46. The SMILES string of the molecule is CC(C)CC1CO1.[AlH3]. The van der Waals surface area contributed by atoms with Crippen LogP contribution in [0.1, 0.15) is 20.3 Å². The van der Waals surface area contributed by atoms with E-state index in [-0.39, 0.29) is 17.4 Å². The Morgan fingerprint density at radius 1 is 1.62 bits per heavy atom. The number of ether oxygens (including phenoxy) is 1. The van der Waals surface area contributed by atoms with Gasteiger partial charge in [0.15, 0.2) is 17.4 Å². The molecule has 8 heavy (non-hydrogen) atoms. The van der Waals surface area contributed by atoms with Crippen molar-refractivity contribution in [2.75, 3.05) is 6.61 Å². The van der Waals surface area contributed by atoms with Gasteiger partial charge in [0.05, 0.1) is 12.7 Å². The molecule has 1 saturated heterocycles. The van der Waals surface area contributed by atoms with Crippen molar-refractivity contribution < 1.29 is 4.74 Å². The molecule has 0 spiro atoms. The number of epoxide rings is 1. The van der Waals surface area contributed by atoms with E-state index >= 15 is 0 Å². The third-order valence-electron chi connectivity index (χ3n) is 1.14. The third-order valence-corrected chi connectivity index (χ3v) is 1.14. The van der Waals surface area contributed by atoms with E-state index in [4.69, 9.17) is 4.74 Å². The molecule has 0 saturated carbocycles. The smallest absolute Gasteiger partial charge is 0.187 e. The van der Waals surface area contributed by atoms with Crippen LogP contribution < -0.4 is 0 Å². The van der Waals surface area contributed by atoms with Crippen LogP contribution in [0.5, 0.6) is 0 Å². The van der Waals surface area contributed by atoms with E-state index in [0.717, 1.165) is 12.5 Å². The van der Waals surface area contributed by atoms with Crippen LogP contribution in [0.15, 0.2) is 0 Å². The molecule has 1 atom stereocenters. The average Bonchev–Trinajstić information content (AvgIpc) is 2.17. The van der Waals surface area contributed by atoms with Crippen molar-refractivity contribution in [3.63, 3.8) is 0 Å². The first-order chi connectivity index (χ1) is 3.29. The van der Waals surface area contributed by atoms with Gasteiger partial charge in [-0.25, -0.2) is 0 Å². The summed E-state index contributed by atoms with van der Waals surface area (Å²) >= 11 is 0. The van der Waals surface area contributed by atoms with Gasteiger partial charge in [-0.2, -0.15) is 0 Å². The Bertz CT molecular complexity index is 59.5. The second-order valence-electron chi connectivity index (χ2n) is 2.58. The van der Waals surface area contributed by atoms with Gasteiger partial charge in [-0.05, 0) is 12.3 Å². The summed E-state index contributed by atoms with van der Waals surface area (Å²) < 4.78 is 5.02. The molecule has 0 amide bonds. The monoisotopic (exact) mass is 130 g/mol. The molecule has 1 nitrogen and oxygen atoms in total. The van der Waals surface area contributed by atoms with Crippen molar-refractivity contribution in [2.45, 2.75) is 26.4 Å². The lowest BCUT2D eigenvalue weighted by Gasteiger charge is -1.95. The van der Waals surface area contributed by atoms with Gasteiger partial charge in [0, 0.05) is 0 Å². The maximum absolute atomic E-state index is 5.02. The minimum absolute atomic E-state index is 0. The molecule has 0 aliphatic carbocycles. The molecule has 2 heteroatoms. The van der Waals surface area contributed by atoms with Crippen LogP contribution in [-0.4, -0.2) is 30.1 Å². The average molecular weight is 130 g/mol. The molecule has 1 heterocycles. The van der Waals surface area contributed by atoms with E-state index in [1.807, 2.05) is 0 Å². The van der Waals surface area contributed by atoms with E-state index < -0.39 is 0 Å². The van der Waals surface area contributed by atoms with Crippen LogP contribution in [0.2, 0.25) is 0 Å². The second kappa shape index (κ2) is 3.50. The van der Waals surface area contributed by atoms with E-state index in [9.17, 15) is 0 Å². The summed E-state index contributed by atoms with van der Waals surface area (Å²) in [5, 5.41) is 0. The van der Waals surface area contributed by atoms with Crippen LogP contribution in [0.25, 0.3) is 0 Å². The zero-order valence-electron chi connectivity index (χ0n) is 4.98. The molecular weight excluding hydrogens is 115 g/mol. The quantitative estimate of drug-likeness (QED) is 0.385. The first-order valence-corrected chi connectivity index (χ1v) is 2.90. The normalized spacial score (nSPS) is 25.1. The maximum atomic E-state index is 5.02. The van der Waals surface area contributed by atoms with Gasteiger partial charge in [-0.15, -0.1) is 0 Å². The Morgan fingerprint density at radius 3 is 2.25 bits per heavy atom. The molecule has 1 rings (SSSR count). The summed E-state index contributed by atoms with van der Waals surface area (Å²) in [5.41, 5.74) is 0. The Balaban J connectivity index is 0.000000490. The number of hydrogen-bond acceptors (Lipinski definition) is 1. The van der Waals surface area contributed by atoms with E-state index in [1.54, 1.807) is 0 Å². The molecule has 0 aromatic carbocycles. The fraction of sp³-hybridized carbons (Fsp3) is 1.00. The van der Waals surface area contributed by atoms with E-state index in [2.05, 4.69) is 13.8 Å². The minimum Gasteiger partial charge on any atom is -0.373 e. The Labute approximate surface area is 61.5 Å². The first kappa shape index (κ1) is 8.49. The topological polar surface area (TPSA) is 12.5 Å².